The fourth-order valence-corrected chi connectivity index (χ4v) is 1.83. The molecule has 5 nitrogen and oxygen atoms in total. The first kappa shape index (κ1) is 15.2. The molecule has 0 heterocycles. The van der Waals surface area contributed by atoms with Crippen LogP contribution in [0, 0.1) is 0 Å². The number of rotatable bonds is 6. The van der Waals surface area contributed by atoms with Crippen molar-refractivity contribution in [3.63, 3.8) is 0 Å². The van der Waals surface area contributed by atoms with Gasteiger partial charge in [0.05, 0.1) is 6.04 Å². The summed E-state index contributed by atoms with van der Waals surface area (Å²) < 4.78 is 0. The predicted molar refractivity (Wildman–Crippen MR) is 72.6 cm³/mol. The highest BCUT2D eigenvalue weighted by Gasteiger charge is 2.25. The summed E-state index contributed by atoms with van der Waals surface area (Å²) in [6.45, 7) is 3.23. The zero-order valence-corrected chi connectivity index (χ0v) is 11.2. The van der Waals surface area contributed by atoms with Gasteiger partial charge in [0, 0.05) is 6.04 Å². The zero-order valence-electron chi connectivity index (χ0n) is 11.2. The number of carbonyl (C=O) groups excluding carboxylic acids is 1. The van der Waals surface area contributed by atoms with Gasteiger partial charge in [0.25, 0.3) is 0 Å². The highest BCUT2D eigenvalue weighted by molar-refractivity contribution is 5.85. The SMILES string of the molecule is CC(C)N(CC(=O)O)C(=O)[C@@H](N)Cc1ccccc1. The Labute approximate surface area is 113 Å². The number of hydrogen-bond donors (Lipinski definition) is 2. The van der Waals surface area contributed by atoms with Gasteiger partial charge >= 0.3 is 5.97 Å². The molecule has 0 fully saturated rings. The summed E-state index contributed by atoms with van der Waals surface area (Å²) in [4.78, 5) is 24.2. The second-order valence-corrected chi connectivity index (χ2v) is 4.75. The molecule has 1 amide bonds. The van der Waals surface area contributed by atoms with Gasteiger partial charge in [-0.1, -0.05) is 30.3 Å². The third kappa shape index (κ3) is 4.71. The van der Waals surface area contributed by atoms with Gasteiger partial charge in [-0.3, -0.25) is 9.59 Å². The second kappa shape index (κ2) is 6.89. The van der Waals surface area contributed by atoms with Crippen LogP contribution in [0.4, 0.5) is 0 Å². The summed E-state index contributed by atoms with van der Waals surface area (Å²) in [6.07, 6.45) is 0.405. The van der Waals surface area contributed by atoms with Crippen molar-refractivity contribution >= 4 is 11.9 Å². The van der Waals surface area contributed by atoms with Gasteiger partial charge in [-0.05, 0) is 25.8 Å². The summed E-state index contributed by atoms with van der Waals surface area (Å²) in [7, 11) is 0. The maximum absolute atomic E-state index is 12.2. The highest BCUT2D eigenvalue weighted by atomic mass is 16.4. The first-order valence-corrected chi connectivity index (χ1v) is 6.23. The zero-order chi connectivity index (χ0) is 14.4. The fraction of sp³-hybridized carbons (Fsp3) is 0.429. The molecule has 0 spiro atoms. The lowest BCUT2D eigenvalue weighted by molar-refractivity contribution is -0.146. The average molecular weight is 264 g/mol. The number of nitrogens with zero attached hydrogens (tertiary/aromatic N) is 1. The van der Waals surface area contributed by atoms with Gasteiger partial charge < -0.3 is 15.7 Å². The van der Waals surface area contributed by atoms with Crippen LogP contribution in [0.5, 0.6) is 0 Å². The molecular weight excluding hydrogens is 244 g/mol. The standard InChI is InChI=1S/C14H20N2O3/c1-10(2)16(9-13(17)18)14(19)12(15)8-11-6-4-3-5-7-11/h3-7,10,12H,8-9,15H2,1-2H3,(H,17,18)/t12-/m0/s1. The Morgan fingerprint density at radius 3 is 2.32 bits per heavy atom. The van der Waals surface area contributed by atoms with Crippen molar-refractivity contribution in [3.05, 3.63) is 35.9 Å². The van der Waals surface area contributed by atoms with Crippen molar-refractivity contribution in [2.45, 2.75) is 32.4 Å². The van der Waals surface area contributed by atoms with Crippen LogP contribution in [-0.4, -0.2) is 40.5 Å². The van der Waals surface area contributed by atoms with E-state index in [1.165, 1.54) is 4.90 Å². The molecule has 0 aliphatic rings. The molecule has 1 atom stereocenters. The van der Waals surface area contributed by atoms with Gasteiger partial charge in [-0.25, -0.2) is 0 Å². The molecule has 0 unspecified atom stereocenters. The van der Waals surface area contributed by atoms with Crippen molar-refractivity contribution in [1.29, 1.82) is 0 Å². The summed E-state index contributed by atoms with van der Waals surface area (Å²) in [6, 6.07) is 8.53. The first-order valence-electron chi connectivity index (χ1n) is 6.23. The monoisotopic (exact) mass is 264 g/mol. The number of carboxylic acid groups (broad SMARTS) is 1. The minimum Gasteiger partial charge on any atom is -0.480 e. The molecule has 0 saturated carbocycles. The van der Waals surface area contributed by atoms with Crippen LogP contribution in [0.3, 0.4) is 0 Å². The molecule has 0 aliphatic heterocycles. The molecule has 0 saturated heterocycles. The molecule has 1 aromatic rings. The van der Waals surface area contributed by atoms with E-state index >= 15 is 0 Å². The number of carbonyl (C=O) groups is 2. The lowest BCUT2D eigenvalue weighted by Gasteiger charge is -2.27. The molecule has 0 bridgehead atoms. The predicted octanol–water partition coefficient (Wildman–Crippen LogP) is 0.878. The maximum atomic E-state index is 12.2. The van der Waals surface area contributed by atoms with E-state index in [4.69, 9.17) is 10.8 Å². The number of amides is 1. The minimum atomic E-state index is -1.03. The topological polar surface area (TPSA) is 83.6 Å². The summed E-state index contributed by atoms with van der Waals surface area (Å²) in [5, 5.41) is 8.82. The van der Waals surface area contributed by atoms with Crippen LogP contribution in [-0.2, 0) is 16.0 Å². The molecule has 5 heteroatoms. The van der Waals surface area contributed by atoms with E-state index in [1.807, 2.05) is 30.3 Å². The van der Waals surface area contributed by atoms with Crippen molar-refractivity contribution in [2.75, 3.05) is 6.54 Å². The number of hydrogen-bond acceptors (Lipinski definition) is 3. The molecular formula is C14H20N2O3. The number of benzene rings is 1. The van der Waals surface area contributed by atoms with Crippen LogP contribution in [0.25, 0.3) is 0 Å². The van der Waals surface area contributed by atoms with Gasteiger partial charge in [-0.15, -0.1) is 0 Å². The van der Waals surface area contributed by atoms with Gasteiger partial charge in [-0.2, -0.15) is 0 Å². The van der Waals surface area contributed by atoms with Gasteiger partial charge in [0.1, 0.15) is 6.54 Å². The molecule has 19 heavy (non-hydrogen) atoms. The lowest BCUT2D eigenvalue weighted by Crippen LogP contribution is -2.49. The Morgan fingerprint density at radius 2 is 1.84 bits per heavy atom. The van der Waals surface area contributed by atoms with E-state index in [-0.39, 0.29) is 18.5 Å². The van der Waals surface area contributed by atoms with Gasteiger partial charge in [0.2, 0.25) is 5.91 Å². The highest BCUT2D eigenvalue weighted by Crippen LogP contribution is 2.07. The van der Waals surface area contributed by atoms with Crippen LogP contribution >= 0.6 is 0 Å². The molecule has 0 aromatic heterocycles. The van der Waals surface area contributed by atoms with E-state index in [1.54, 1.807) is 13.8 Å². The number of aliphatic carboxylic acids is 1. The number of carboxylic acids is 1. The summed E-state index contributed by atoms with van der Waals surface area (Å²) in [5.41, 5.74) is 6.84. The number of nitrogens with two attached hydrogens (primary N) is 1. The maximum Gasteiger partial charge on any atom is 0.323 e. The van der Waals surface area contributed by atoms with Crippen molar-refractivity contribution in [3.8, 4) is 0 Å². The normalized spacial score (nSPS) is 12.2. The molecule has 0 radical (unpaired) electrons. The van der Waals surface area contributed by atoms with E-state index < -0.39 is 12.0 Å². The van der Waals surface area contributed by atoms with Gasteiger partial charge in [0.15, 0.2) is 0 Å². The van der Waals surface area contributed by atoms with E-state index in [9.17, 15) is 9.59 Å². The smallest absolute Gasteiger partial charge is 0.323 e. The Balaban J connectivity index is 2.71. The fourth-order valence-electron chi connectivity index (χ4n) is 1.83. The molecule has 3 N–H and O–H groups in total. The Morgan fingerprint density at radius 1 is 1.26 bits per heavy atom. The Kier molecular flexibility index (Phi) is 5.51. The quantitative estimate of drug-likeness (QED) is 0.799. The third-order valence-electron chi connectivity index (χ3n) is 2.83. The van der Waals surface area contributed by atoms with Crippen molar-refractivity contribution in [1.82, 2.24) is 4.90 Å². The molecule has 0 aliphatic carbocycles. The first-order chi connectivity index (χ1) is 8.91. The van der Waals surface area contributed by atoms with Crippen molar-refractivity contribution < 1.29 is 14.7 Å². The average Bonchev–Trinajstić information content (AvgIpc) is 2.35. The van der Waals surface area contributed by atoms with E-state index in [2.05, 4.69) is 0 Å². The van der Waals surface area contributed by atoms with Crippen LogP contribution in [0.15, 0.2) is 30.3 Å². The molecule has 1 rings (SSSR count). The van der Waals surface area contributed by atoms with E-state index in [0.717, 1.165) is 5.56 Å². The second-order valence-electron chi connectivity index (χ2n) is 4.75. The minimum absolute atomic E-state index is 0.189. The van der Waals surface area contributed by atoms with Crippen molar-refractivity contribution in [2.24, 2.45) is 5.73 Å². The summed E-state index contributed by atoms with van der Waals surface area (Å²) in [5.74, 6) is -1.37. The Bertz CT molecular complexity index is 432. The largest absolute Gasteiger partial charge is 0.480 e. The Hall–Kier alpha value is -1.88. The van der Waals surface area contributed by atoms with Crippen LogP contribution < -0.4 is 5.73 Å². The molecule has 104 valence electrons. The lowest BCUT2D eigenvalue weighted by atomic mass is 10.1. The van der Waals surface area contributed by atoms with Crippen LogP contribution in [0.2, 0.25) is 0 Å². The summed E-state index contributed by atoms with van der Waals surface area (Å²) >= 11 is 0. The van der Waals surface area contributed by atoms with Crippen LogP contribution in [0.1, 0.15) is 19.4 Å². The molecule has 1 aromatic carbocycles. The third-order valence-corrected chi connectivity index (χ3v) is 2.83. The van der Waals surface area contributed by atoms with E-state index in [0.29, 0.717) is 6.42 Å².